The van der Waals surface area contributed by atoms with Crippen molar-refractivity contribution in [3.05, 3.63) is 107 Å². The van der Waals surface area contributed by atoms with E-state index in [2.05, 4.69) is 30.5 Å². The summed E-state index contributed by atoms with van der Waals surface area (Å²) in [5.74, 6) is -0.433. The number of carbonyl (C=O) groups excluding carboxylic acids is 1. The Kier molecular flexibility index (Phi) is 6.75. The van der Waals surface area contributed by atoms with Gasteiger partial charge in [0.25, 0.3) is 5.89 Å². The van der Waals surface area contributed by atoms with Gasteiger partial charge in [0.2, 0.25) is 5.28 Å². The Hall–Kier alpha value is -4.97. The van der Waals surface area contributed by atoms with E-state index in [0.29, 0.717) is 11.9 Å². The van der Waals surface area contributed by atoms with Crippen LogP contribution in [0, 0.1) is 0 Å². The number of hydrogen-bond acceptors (Lipinski definition) is 9. The molecule has 41 heavy (non-hydrogen) atoms. The number of anilines is 1. The molecule has 2 aromatic carbocycles. The minimum absolute atomic E-state index is 0.00271. The average Bonchev–Trinajstić information content (AvgIpc) is 3.38. The van der Waals surface area contributed by atoms with Gasteiger partial charge in [-0.15, -0.1) is 5.10 Å². The molecule has 0 radical (unpaired) electrons. The first-order valence-electron chi connectivity index (χ1n) is 12.2. The number of carbonyl (C=O) groups is 1. The van der Waals surface area contributed by atoms with Crippen molar-refractivity contribution < 1.29 is 22.4 Å². The Labute approximate surface area is 235 Å². The lowest BCUT2D eigenvalue weighted by Gasteiger charge is -2.12. The molecular weight excluding hydrogens is 559 g/mol. The summed E-state index contributed by atoms with van der Waals surface area (Å²) >= 11 is 5.75. The van der Waals surface area contributed by atoms with Crippen molar-refractivity contribution in [3.63, 3.8) is 0 Å². The molecule has 9 nitrogen and oxygen atoms in total. The Balaban J connectivity index is 1.37. The van der Waals surface area contributed by atoms with Gasteiger partial charge in [-0.3, -0.25) is 9.79 Å². The Morgan fingerprint density at radius 1 is 0.878 bits per heavy atom. The van der Waals surface area contributed by atoms with Gasteiger partial charge < -0.3 is 9.73 Å². The number of halogens is 4. The SMILES string of the molecule is O=C1Cc2ccccc2C(c2ccccc2)=NC1Nc1nnc(-c2ncc(C(F)(F)F)cc2-c2cnc(Cl)nc2)o1. The summed E-state index contributed by atoms with van der Waals surface area (Å²) in [4.78, 5) is 29.6. The fourth-order valence-electron chi connectivity index (χ4n) is 4.36. The summed E-state index contributed by atoms with van der Waals surface area (Å²) in [5, 5.41) is 10.7. The molecule has 204 valence electrons. The Morgan fingerprint density at radius 2 is 1.61 bits per heavy atom. The number of Topliss-reactive ketones (excluding diaryl/α,β-unsaturated/α-hetero) is 1. The quantitative estimate of drug-likeness (QED) is 0.267. The molecule has 1 aliphatic rings. The van der Waals surface area contributed by atoms with Gasteiger partial charge in [-0.2, -0.15) is 13.2 Å². The van der Waals surface area contributed by atoms with Gasteiger partial charge in [0.05, 0.1) is 11.3 Å². The number of nitrogens with zero attached hydrogens (tertiary/aromatic N) is 6. The van der Waals surface area contributed by atoms with E-state index in [4.69, 9.17) is 21.0 Å². The van der Waals surface area contributed by atoms with Crippen molar-refractivity contribution >= 4 is 29.1 Å². The van der Waals surface area contributed by atoms with Crippen LogP contribution in [0.2, 0.25) is 5.28 Å². The highest BCUT2D eigenvalue weighted by atomic mass is 35.5. The number of pyridine rings is 1. The summed E-state index contributed by atoms with van der Waals surface area (Å²) in [6.07, 6.45) is -2.44. The number of ketones is 1. The average molecular weight is 576 g/mol. The van der Waals surface area contributed by atoms with Crippen LogP contribution in [0.5, 0.6) is 0 Å². The second-order valence-electron chi connectivity index (χ2n) is 8.96. The number of fused-ring (bicyclic) bond motifs is 1. The fraction of sp³-hybridized carbons (Fsp3) is 0.107. The maximum absolute atomic E-state index is 13.5. The van der Waals surface area contributed by atoms with Crippen molar-refractivity contribution in [1.29, 1.82) is 0 Å². The highest BCUT2D eigenvalue weighted by Gasteiger charge is 2.33. The largest absolute Gasteiger partial charge is 0.417 e. The van der Waals surface area contributed by atoms with Crippen molar-refractivity contribution in [2.24, 2.45) is 4.99 Å². The first-order valence-corrected chi connectivity index (χ1v) is 12.5. The molecule has 0 saturated heterocycles. The van der Waals surface area contributed by atoms with Crippen molar-refractivity contribution in [3.8, 4) is 22.7 Å². The monoisotopic (exact) mass is 575 g/mol. The van der Waals surface area contributed by atoms with E-state index in [1.807, 2.05) is 54.6 Å². The molecule has 0 aliphatic carbocycles. The number of aliphatic imine (C=N–C) groups is 1. The summed E-state index contributed by atoms with van der Waals surface area (Å²) in [7, 11) is 0. The molecule has 0 bridgehead atoms. The van der Waals surface area contributed by atoms with Gasteiger partial charge in [0.1, 0.15) is 5.69 Å². The molecule has 13 heteroatoms. The molecule has 6 rings (SSSR count). The lowest BCUT2D eigenvalue weighted by molar-refractivity contribution is -0.137. The minimum atomic E-state index is -4.65. The van der Waals surface area contributed by atoms with Crippen LogP contribution in [0.1, 0.15) is 22.3 Å². The first kappa shape index (κ1) is 26.3. The minimum Gasteiger partial charge on any atom is -0.402 e. The second-order valence-corrected chi connectivity index (χ2v) is 9.30. The van der Waals surface area contributed by atoms with Crippen molar-refractivity contribution in [1.82, 2.24) is 25.1 Å². The van der Waals surface area contributed by atoms with Crippen molar-refractivity contribution in [2.75, 3.05) is 5.32 Å². The molecule has 0 fully saturated rings. The third-order valence-electron chi connectivity index (χ3n) is 6.28. The fourth-order valence-corrected chi connectivity index (χ4v) is 4.45. The molecular formula is C28H17ClF3N7O2. The van der Waals surface area contributed by atoms with E-state index < -0.39 is 17.9 Å². The standard InChI is InChI=1S/C28H17ClF3N7O2/c29-26-34-12-17(13-35-26)20-11-18(28(30,31)32)14-33-23(20)25-38-39-27(41-25)37-24-21(40)10-16-8-4-5-9-19(16)22(36-24)15-6-2-1-3-7-15/h1-9,11-14,24H,10H2,(H,37,39). The summed E-state index contributed by atoms with van der Waals surface area (Å²) in [5.41, 5.74) is 2.23. The molecule has 0 amide bonds. The molecule has 5 aromatic rings. The lowest BCUT2D eigenvalue weighted by Crippen LogP contribution is -2.29. The highest BCUT2D eigenvalue weighted by molar-refractivity contribution is 6.28. The van der Waals surface area contributed by atoms with Gasteiger partial charge in [-0.1, -0.05) is 59.7 Å². The van der Waals surface area contributed by atoms with E-state index in [1.165, 1.54) is 12.4 Å². The maximum Gasteiger partial charge on any atom is 0.417 e. The zero-order valence-electron chi connectivity index (χ0n) is 20.8. The topological polar surface area (TPSA) is 119 Å². The number of aromatic nitrogens is 5. The van der Waals surface area contributed by atoms with Crippen LogP contribution in [0.4, 0.5) is 19.2 Å². The molecule has 1 unspecified atom stereocenters. The van der Waals surface area contributed by atoms with Crippen molar-refractivity contribution in [2.45, 2.75) is 18.8 Å². The van der Waals surface area contributed by atoms with Crippen LogP contribution in [0.3, 0.4) is 0 Å². The number of benzene rings is 2. The molecule has 4 heterocycles. The Morgan fingerprint density at radius 3 is 2.37 bits per heavy atom. The summed E-state index contributed by atoms with van der Waals surface area (Å²) < 4.78 is 46.1. The lowest BCUT2D eigenvalue weighted by atomic mass is 9.96. The molecule has 0 spiro atoms. The van der Waals surface area contributed by atoms with E-state index >= 15 is 0 Å². The van der Waals surface area contributed by atoms with Gasteiger partial charge in [-0.25, -0.2) is 15.0 Å². The van der Waals surface area contributed by atoms with E-state index in [0.717, 1.165) is 22.8 Å². The highest BCUT2D eigenvalue weighted by Crippen LogP contribution is 2.36. The molecule has 1 atom stereocenters. The zero-order chi connectivity index (χ0) is 28.6. The summed E-state index contributed by atoms with van der Waals surface area (Å²) in [6.45, 7) is 0. The zero-order valence-corrected chi connectivity index (χ0v) is 21.6. The molecule has 3 aromatic heterocycles. The summed E-state index contributed by atoms with van der Waals surface area (Å²) in [6, 6.07) is 17.6. The van der Waals surface area contributed by atoms with Crippen LogP contribution in [-0.2, 0) is 17.4 Å². The van der Waals surface area contributed by atoms with E-state index in [1.54, 1.807) is 0 Å². The van der Waals surface area contributed by atoms with Crippen LogP contribution >= 0.6 is 11.6 Å². The van der Waals surface area contributed by atoms with Gasteiger partial charge >= 0.3 is 12.2 Å². The van der Waals surface area contributed by atoms with E-state index in [-0.39, 0.29) is 46.2 Å². The Bertz CT molecular complexity index is 1770. The first-order chi connectivity index (χ1) is 19.8. The second kappa shape index (κ2) is 10.5. The number of hydrogen-bond donors (Lipinski definition) is 1. The van der Waals surface area contributed by atoms with Crippen LogP contribution in [-0.4, -0.2) is 42.8 Å². The van der Waals surface area contributed by atoms with Gasteiger partial charge in [0, 0.05) is 47.3 Å². The molecule has 0 saturated carbocycles. The normalized spacial score (nSPS) is 15.2. The number of rotatable bonds is 5. The van der Waals surface area contributed by atoms with Crippen LogP contribution < -0.4 is 5.32 Å². The number of nitrogens with one attached hydrogen (secondary N) is 1. The number of alkyl halides is 3. The predicted octanol–water partition coefficient (Wildman–Crippen LogP) is 5.66. The third-order valence-corrected chi connectivity index (χ3v) is 6.48. The molecule has 1 N–H and O–H groups in total. The maximum atomic E-state index is 13.5. The third kappa shape index (κ3) is 5.41. The van der Waals surface area contributed by atoms with Gasteiger partial charge in [0.15, 0.2) is 11.9 Å². The smallest absolute Gasteiger partial charge is 0.402 e. The molecule has 1 aliphatic heterocycles. The van der Waals surface area contributed by atoms with Crippen LogP contribution in [0.25, 0.3) is 22.7 Å². The van der Waals surface area contributed by atoms with Gasteiger partial charge in [-0.05, 0) is 23.2 Å². The predicted molar refractivity (Wildman–Crippen MR) is 143 cm³/mol. The van der Waals surface area contributed by atoms with E-state index in [9.17, 15) is 18.0 Å². The van der Waals surface area contributed by atoms with Crippen LogP contribution in [0.15, 0.2) is 88.7 Å².